The summed E-state index contributed by atoms with van der Waals surface area (Å²) in [7, 11) is 3.46. The molecule has 1 aliphatic rings. The van der Waals surface area contributed by atoms with Crippen LogP contribution in [0.5, 0.6) is 17.2 Å². The highest BCUT2D eigenvalue weighted by atomic mass is 16.6. The molecule has 3 aromatic heterocycles. The molecule has 0 spiro atoms. The van der Waals surface area contributed by atoms with E-state index in [-0.39, 0.29) is 57.2 Å². The van der Waals surface area contributed by atoms with Crippen LogP contribution in [0.3, 0.4) is 0 Å². The van der Waals surface area contributed by atoms with Gasteiger partial charge in [0.05, 0.1) is 7.11 Å². The molecule has 1 amide bonds. The van der Waals surface area contributed by atoms with E-state index in [1.165, 1.54) is 26.2 Å². The molecular weight excluding hydrogens is 768 g/mol. The molecule has 4 heterocycles. The lowest BCUT2D eigenvalue weighted by molar-refractivity contribution is -0.638. The predicted octanol–water partition coefficient (Wildman–Crippen LogP) is 1.89. The SMILES string of the molecule is CC(=O)COc1cccc2c1[n+]([O-])c(C)c(C)[n+]2[O-].COc1cccc2c1[n+]([O-])c(C)c(C)[n+]2[O-].Cc1c(C)[n+]([O-])c2c(OC(=O)N3CCN(C)CC3)cccc2[n+]1[O-]. The van der Waals surface area contributed by atoms with Crippen LogP contribution in [0.2, 0.25) is 0 Å². The number of benzene rings is 3. The van der Waals surface area contributed by atoms with Crippen molar-refractivity contribution in [3.63, 3.8) is 0 Å². The van der Waals surface area contributed by atoms with Crippen molar-refractivity contribution in [1.82, 2.24) is 9.80 Å². The van der Waals surface area contributed by atoms with Gasteiger partial charge in [0, 0.05) is 85.9 Å². The second-order valence-corrected chi connectivity index (χ2v) is 14.0. The minimum atomic E-state index is -0.508. The first kappa shape index (κ1) is 43.1. The maximum absolute atomic E-state index is 12.5. The minimum absolute atomic E-state index is 0.0677. The van der Waals surface area contributed by atoms with Crippen LogP contribution < -0.4 is 42.6 Å². The van der Waals surface area contributed by atoms with E-state index in [1.54, 1.807) is 88.9 Å². The number of Topliss-reactive ketones (excluding diaryl/α,β-unsaturated/α-hetero) is 1. The fourth-order valence-electron chi connectivity index (χ4n) is 6.25. The zero-order valence-corrected chi connectivity index (χ0v) is 34.3. The maximum Gasteiger partial charge on any atom is 0.415 e. The van der Waals surface area contributed by atoms with Gasteiger partial charge in [-0.05, 0) is 32.2 Å². The standard InChI is InChI=1S/C16H20N4O4.C13H14N2O4.C11H12N2O3/c1-11-12(2)20(23)15-13(19(11)22)5-4-6-14(15)24-16(21)18-9-7-17(3)8-10-18;1-8(16)7-19-12-6-4-5-11-13(12)15(18)10(3)9(2)14(11)17;1-7-8(2)13(15)11-9(12(7)14)5-4-6-10(11)16-3/h4-6H,7-10H2,1-3H3;4-6H,7H2,1-3H3;4-6H,1-3H3. The van der Waals surface area contributed by atoms with E-state index < -0.39 is 6.09 Å². The number of fused-ring (bicyclic) bond motifs is 3. The lowest BCUT2D eigenvalue weighted by Gasteiger charge is -2.31. The summed E-state index contributed by atoms with van der Waals surface area (Å²) in [5.74, 6) is 0.572. The summed E-state index contributed by atoms with van der Waals surface area (Å²) in [5.41, 5.74) is 3.22. The monoisotopic (exact) mass is 814 g/mol. The van der Waals surface area contributed by atoms with Gasteiger partial charge < -0.3 is 55.3 Å². The van der Waals surface area contributed by atoms with Gasteiger partial charge in [0.25, 0.3) is 50.7 Å². The van der Waals surface area contributed by atoms with Crippen LogP contribution in [0.15, 0.2) is 54.6 Å². The normalized spacial score (nSPS) is 12.7. The molecule has 6 aromatic rings. The molecule has 3 aromatic carbocycles. The predicted molar refractivity (Wildman–Crippen MR) is 212 cm³/mol. The number of hydrogen-bond acceptors (Lipinski definition) is 12. The van der Waals surface area contributed by atoms with Crippen molar-refractivity contribution in [2.45, 2.75) is 48.5 Å². The van der Waals surface area contributed by atoms with Gasteiger partial charge in [-0.2, -0.15) is 28.4 Å². The number of methoxy groups -OCH3 is 1. The van der Waals surface area contributed by atoms with E-state index in [1.807, 2.05) is 7.05 Å². The van der Waals surface area contributed by atoms with Gasteiger partial charge in [0.15, 0.2) is 17.3 Å². The van der Waals surface area contributed by atoms with Crippen LogP contribution in [-0.4, -0.2) is 68.6 Å². The van der Waals surface area contributed by atoms with Gasteiger partial charge in [0.2, 0.25) is 5.75 Å². The van der Waals surface area contributed by atoms with Gasteiger partial charge >= 0.3 is 22.6 Å². The first-order chi connectivity index (χ1) is 27.9. The number of carbonyl (C=O) groups is 2. The molecule has 1 aliphatic heterocycles. The lowest BCUT2D eigenvalue weighted by Crippen LogP contribution is -2.48. The summed E-state index contributed by atoms with van der Waals surface area (Å²) in [6.45, 7) is 13.5. The summed E-state index contributed by atoms with van der Waals surface area (Å²) >= 11 is 0. The molecule has 0 bridgehead atoms. The highest BCUT2D eigenvalue weighted by Gasteiger charge is 2.29. The Morgan fingerprint density at radius 3 is 1.32 bits per heavy atom. The number of likely N-dealkylation sites (N-methyl/N-ethyl adjacent to an activating group) is 1. The molecule has 1 fully saturated rings. The number of aromatic nitrogens is 6. The summed E-state index contributed by atoms with van der Waals surface area (Å²) < 4.78 is 20.0. The van der Waals surface area contributed by atoms with Gasteiger partial charge in [-0.3, -0.25) is 4.79 Å². The molecule has 1 saturated heterocycles. The van der Waals surface area contributed by atoms with E-state index in [0.29, 0.717) is 71.7 Å². The molecular formula is C40H46N8O11. The molecule has 19 nitrogen and oxygen atoms in total. The van der Waals surface area contributed by atoms with Crippen LogP contribution in [0.25, 0.3) is 33.1 Å². The lowest BCUT2D eigenvalue weighted by atomic mass is 10.2. The summed E-state index contributed by atoms with van der Waals surface area (Å²) in [6.07, 6.45) is -0.508. The maximum atomic E-state index is 12.5. The Kier molecular flexibility index (Phi) is 12.9. The third kappa shape index (κ3) is 8.50. The number of nitrogens with zero attached hydrogens (tertiary/aromatic N) is 8. The van der Waals surface area contributed by atoms with Crippen LogP contribution >= 0.6 is 0 Å². The topological polar surface area (TPSA) is 230 Å². The molecule has 7 rings (SSSR count). The molecule has 0 aliphatic carbocycles. The smallest absolute Gasteiger partial charge is 0.415 e. The number of ketones is 1. The average molecular weight is 815 g/mol. The number of rotatable bonds is 5. The summed E-state index contributed by atoms with van der Waals surface area (Å²) in [6, 6.07) is 14.3. The zero-order chi connectivity index (χ0) is 43.5. The Bertz CT molecular complexity index is 2600. The molecule has 312 valence electrons. The number of para-hydroxylation sites is 3. The molecule has 0 unspecified atom stereocenters. The van der Waals surface area contributed by atoms with E-state index in [4.69, 9.17) is 14.2 Å². The number of amides is 1. The Hall–Kier alpha value is -7.02. The van der Waals surface area contributed by atoms with Gasteiger partial charge in [0.1, 0.15) is 6.61 Å². The minimum Gasteiger partial charge on any atom is -0.618 e. The number of carbonyl (C=O) groups excluding carboxylic acids is 2. The first-order valence-electron chi connectivity index (χ1n) is 18.5. The number of ether oxygens (including phenoxy) is 3. The van der Waals surface area contributed by atoms with E-state index in [2.05, 4.69) is 4.90 Å². The van der Waals surface area contributed by atoms with E-state index in [9.17, 15) is 40.8 Å². The quantitative estimate of drug-likeness (QED) is 0.180. The average Bonchev–Trinajstić information content (AvgIpc) is 3.23. The fraction of sp³-hybridized carbons (Fsp3) is 0.350. The highest BCUT2D eigenvalue weighted by Crippen LogP contribution is 2.24. The van der Waals surface area contributed by atoms with Crippen molar-refractivity contribution in [2.24, 2.45) is 0 Å². The van der Waals surface area contributed by atoms with Crippen molar-refractivity contribution in [3.8, 4) is 17.2 Å². The van der Waals surface area contributed by atoms with Gasteiger partial charge in [-0.1, -0.05) is 18.2 Å². The molecule has 0 radical (unpaired) electrons. The van der Waals surface area contributed by atoms with Crippen LogP contribution in [0, 0.1) is 72.8 Å². The third-order valence-corrected chi connectivity index (χ3v) is 10.2. The second-order valence-electron chi connectivity index (χ2n) is 14.0. The van der Waals surface area contributed by atoms with Crippen LogP contribution in [0.1, 0.15) is 41.1 Å². The summed E-state index contributed by atoms with van der Waals surface area (Å²) in [4.78, 5) is 27.0. The highest BCUT2D eigenvalue weighted by molar-refractivity contribution is 5.81. The largest absolute Gasteiger partial charge is 0.618 e. The molecule has 0 saturated carbocycles. The Balaban J connectivity index is 0.000000172. The molecule has 19 heteroatoms. The number of piperazine rings is 1. The van der Waals surface area contributed by atoms with Crippen molar-refractivity contribution in [3.05, 3.63) is 120 Å². The van der Waals surface area contributed by atoms with Crippen molar-refractivity contribution in [2.75, 3.05) is 46.9 Å². The zero-order valence-electron chi connectivity index (χ0n) is 34.3. The van der Waals surface area contributed by atoms with Gasteiger partial charge in [-0.25, -0.2) is 4.79 Å². The van der Waals surface area contributed by atoms with Crippen LogP contribution in [0.4, 0.5) is 4.79 Å². The van der Waals surface area contributed by atoms with E-state index >= 15 is 0 Å². The Morgan fingerprint density at radius 2 is 0.915 bits per heavy atom. The third-order valence-electron chi connectivity index (χ3n) is 10.2. The molecule has 0 N–H and O–H groups in total. The fourth-order valence-corrected chi connectivity index (χ4v) is 6.25. The summed E-state index contributed by atoms with van der Waals surface area (Å²) in [5, 5.41) is 72.8. The first-order valence-corrected chi connectivity index (χ1v) is 18.5. The van der Waals surface area contributed by atoms with Crippen molar-refractivity contribution >= 4 is 45.0 Å². The Labute approximate surface area is 339 Å². The Morgan fingerprint density at radius 1 is 0.559 bits per heavy atom. The van der Waals surface area contributed by atoms with Crippen molar-refractivity contribution in [1.29, 1.82) is 0 Å². The van der Waals surface area contributed by atoms with Crippen molar-refractivity contribution < 1.29 is 52.2 Å². The molecule has 59 heavy (non-hydrogen) atoms. The van der Waals surface area contributed by atoms with Gasteiger partial charge in [-0.15, -0.1) is 0 Å². The number of hydrogen-bond donors (Lipinski definition) is 0. The van der Waals surface area contributed by atoms with E-state index in [0.717, 1.165) is 22.6 Å². The van der Waals surface area contributed by atoms with Crippen LogP contribution in [-0.2, 0) is 4.79 Å². The molecule has 0 atom stereocenters. The second kappa shape index (κ2) is 17.6.